The first-order valence-corrected chi connectivity index (χ1v) is 4.97. The lowest BCUT2D eigenvalue weighted by molar-refractivity contribution is 0.254. The fourth-order valence-corrected chi connectivity index (χ4v) is 1.40. The highest BCUT2D eigenvalue weighted by atomic mass is 32.2. The van der Waals surface area contributed by atoms with Crippen LogP contribution in [-0.4, -0.2) is 32.4 Å². The first kappa shape index (κ1) is 9.87. The van der Waals surface area contributed by atoms with Crippen molar-refractivity contribution in [2.24, 2.45) is 0 Å². The molecule has 1 unspecified atom stereocenters. The van der Waals surface area contributed by atoms with E-state index < -0.39 is 10.0 Å². The Labute approximate surface area is 61.3 Å². The van der Waals surface area contributed by atoms with Crippen LogP contribution < -0.4 is 4.72 Å². The predicted molar refractivity (Wildman–Crippen MR) is 39.1 cm³/mol. The summed E-state index contributed by atoms with van der Waals surface area (Å²) >= 11 is 0. The van der Waals surface area contributed by atoms with E-state index in [0.717, 1.165) is 6.26 Å². The number of sulfonamides is 1. The smallest absolute Gasteiger partial charge is 0.209 e. The molecule has 0 fully saturated rings. The Morgan fingerprint density at radius 2 is 2.10 bits per heavy atom. The molecule has 62 valence electrons. The summed E-state index contributed by atoms with van der Waals surface area (Å²) in [6.07, 6.45) is 1.68. The zero-order valence-electron chi connectivity index (χ0n) is 6.16. The quantitative estimate of drug-likeness (QED) is 0.582. The van der Waals surface area contributed by atoms with Gasteiger partial charge in [-0.25, -0.2) is 13.1 Å². The molecule has 0 radical (unpaired) electrons. The van der Waals surface area contributed by atoms with Gasteiger partial charge in [0.15, 0.2) is 0 Å². The van der Waals surface area contributed by atoms with Crippen molar-refractivity contribution in [2.75, 3.05) is 12.9 Å². The number of hydrogen-bond donors (Lipinski definition) is 2. The summed E-state index contributed by atoms with van der Waals surface area (Å²) in [7, 11) is -3.16. The van der Waals surface area contributed by atoms with Crippen molar-refractivity contribution in [3.8, 4) is 0 Å². The normalized spacial score (nSPS) is 15.1. The molecule has 2 N–H and O–H groups in total. The third kappa shape index (κ3) is 4.72. The van der Waals surface area contributed by atoms with Gasteiger partial charge in [-0.2, -0.15) is 0 Å². The molecule has 0 aliphatic rings. The zero-order chi connectivity index (χ0) is 8.20. The topological polar surface area (TPSA) is 66.4 Å². The standard InChI is InChI=1S/C5H13NO3S/c1-3-5(4-7)6-10(2,8)9/h5-7H,3-4H2,1-2H3. The van der Waals surface area contributed by atoms with E-state index in [4.69, 9.17) is 5.11 Å². The molecular weight excluding hydrogens is 154 g/mol. The van der Waals surface area contributed by atoms with Gasteiger partial charge in [0.1, 0.15) is 0 Å². The molecule has 4 nitrogen and oxygen atoms in total. The molecule has 0 rings (SSSR count). The largest absolute Gasteiger partial charge is 0.395 e. The van der Waals surface area contributed by atoms with Crippen molar-refractivity contribution in [2.45, 2.75) is 19.4 Å². The van der Waals surface area contributed by atoms with Crippen molar-refractivity contribution in [1.29, 1.82) is 0 Å². The van der Waals surface area contributed by atoms with Crippen molar-refractivity contribution >= 4 is 10.0 Å². The van der Waals surface area contributed by atoms with Gasteiger partial charge in [0.25, 0.3) is 0 Å². The third-order valence-electron chi connectivity index (χ3n) is 1.09. The molecule has 0 heterocycles. The van der Waals surface area contributed by atoms with Crippen LogP contribution in [0, 0.1) is 0 Å². The minimum atomic E-state index is -3.16. The Bertz CT molecular complexity index is 171. The SMILES string of the molecule is CCC(CO)NS(C)(=O)=O. The van der Waals surface area contributed by atoms with E-state index in [-0.39, 0.29) is 12.6 Å². The number of rotatable bonds is 4. The van der Waals surface area contributed by atoms with Crippen LogP contribution in [0.1, 0.15) is 13.3 Å². The van der Waals surface area contributed by atoms with Crippen molar-refractivity contribution < 1.29 is 13.5 Å². The molecule has 0 aliphatic heterocycles. The maximum atomic E-state index is 10.5. The van der Waals surface area contributed by atoms with Gasteiger partial charge in [-0.05, 0) is 6.42 Å². The minimum absolute atomic E-state index is 0.149. The molecular formula is C5H13NO3S. The van der Waals surface area contributed by atoms with Gasteiger partial charge in [0.2, 0.25) is 10.0 Å². The van der Waals surface area contributed by atoms with Crippen molar-refractivity contribution in [3.63, 3.8) is 0 Å². The minimum Gasteiger partial charge on any atom is -0.395 e. The molecule has 0 aromatic rings. The number of nitrogens with one attached hydrogen (secondary N) is 1. The van der Waals surface area contributed by atoms with Crippen LogP contribution >= 0.6 is 0 Å². The second-order valence-electron chi connectivity index (χ2n) is 2.18. The van der Waals surface area contributed by atoms with Crippen LogP contribution in [0.4, 0.5) is 0 Å². The van der Waals surface area contributed by atoms with Crippen LogP contribution in [0.3, 0.4) is 0 Å². The Morgan fingerprint density at radius 3 is 2.20 bits per heavy atom. The highest BCUT2D eigenvalue weighted by Gasteiger charge is 2.09. The first-order valence-electron chi connectivity index (χ1n) is 3.07. The summed E-state index contributed by atoms with van der Waals surface area (Å²) in [5, 5.41) is 8.56. The van der Waals surface area contributed by atoms with E-state index >= 15 is 0 Å². The fraction of sp³-hybridized carbons (Fsp3) is 1.00. The Morgan fingerprint density at radius 1 is 1.60 bits per heavy atom. The summed E-state index contributed by atoms with van der Waals surface area (Å²) in [6.45, 7) is 1.66. The van der Waals surface area contributed by atoms with E-state index in [9.17, 15) is 8.42 Å². The molecule has 0 saturated carbocycles. The second-order valence-corrected chi connectivity index (χ2v) is 3.96. The molecule has 1 atom stereocenters. The summed E-state index contributed by atoms with van der Waals surface area (Å²) in [6, 6.07) is -0.338. The lowest BCUT2D eigenvalue weighted by atomic mass is 10.3. The molecule has 0 amide bonds. The van der Waals surface area contributed by atoms with E-state index in [0.29, 0.717) is 6.42 Å². The second kappa shape index (κ2) is 3.90. The van der Waals surface area contributed by atoms with E-state index in [2.05, 4.69) is 4.72 Å². The van der Waals surface area contributed by atoms with Gasteiger partial charge < -0.3 is 5.11 Å². The monoisotopic (exact) mass is 167 g/mol. The predicted octanol–water partition coefficient (Wildman–Crippen LogP) is -0.694. The number of aliphatic hydroxyl groups is 1. The van der Waals surface area contributed by atoms with E-state index in [1.165, 1.54) is 0 Å². The van der Waals surface area contributed by atoms with E-state index in [1.54, 1.807) is 6.92 Å². The molecule has 0 spiro atoms. The van der Waals surface area contributed by atoms with Crippen LogP contribution in [0.25, 0.3) is 0 Å². The average Bonchev–Trinajstić information content (AvgIpc) is 1.81. The van der Waals surface area contributed by atoms with Crippen LogP contribution in [0.15, 0.2) is 0 Å². The van der Waals surface area contributed by atoms with Crippen LogP contribution in [0.5, 0.6) is 0 Å². The van der Waals surface area contributed by atoms with Crippen LogP contribution in [-0.2, 0) is 10.0 Å². The molecule has 5 heteroatoms. The van der Waals surface area contributed by atoms with Gasteiger partial charge in [0, 0.05) is 6.04 Å². The molecule has 0 aromatic heterocycles. The van der Waals surface area contributed by atoms with Crippen molar-refractivity contribution in [1.82, 2.24) is 4.72 Å². The Hall–Kier alpha value is -0.130. The summed E-state index contributed by atoms with van der Waals surface area (Å²) < 4.78 is 23.4. The molecule has 0 aliphatic carbocycles. The zero-order valence-corrected chi connectivity index (χ0v) is 6.98. The van der Waals surface area contributed by atoms with Gasteiger partial charge in [-0.15, -0.1) is 0 Å². The molecule has 10 heavy (non-hydrogen) atoms. The highest BCUT2D eigenvalue weighted by Crippen LogP contribution is 1.90. The summed E-state index contributed by atoms with van der Waals surface area (Å²) in [5.74, 6) is 0. The van der Waals surface area contributed by atoms with Crippen molar-refractivity contribution in [3.05, 3.63) is 0 Å². The van der Waals surface area contributed by atoms with Gasteiger partial charge in [0.05, 0.1) is 12.9 Å². The molecule has 0 saturated heterocycles. The Balaban J connectivity index is 3.87. The number of hydrogen-bond acceptors (Lipinski definition) is 3. The maximum absolute atomic E-state index is 10.5. The van der Waals surface area contributed by atoms with Gasteiger partial charge in [-0.1, -0.05) is 6.92 Å². The lowest BCUT2D eigenvalue weighted by Gasteiger charge is -2.10. The van der Waals surface area contributed by atoms with Gasteiger partial charge in [-0.3, -0.25) is 0 Å². The van der Waals surface area contributed by atoms with Crippen LogP contribution in [0.2, 0.25) is 0 Å². The average molecular weight is 167 g/mol. The Kier molecular flexibility index (Phi) is 3.85. The maximum Gasteiger partial charge on any atom is 0.209 e. The third-order valence-corrected chi connectivity index (χ3v) is 1.86. The summed E-state index contributed by atoms with van der Waals surface area (Å²) in [5.41, 5.74) is 0. The summed E-state index contributed by atoms with van der Waals surface area (Å²) in [4.78, 5) is 0. The first-order chi connectivity index (χ1) is 4.49. The lowest BCUT2D eigenvalue weighted by Crippen LogP contribution is -2.35. The highest BCUT2D eigenvalue weighted by molar-refractivity contribution is 7.88. The van der Waals surface area contributed by atoms with E-state index in [1.807, 2.05) is 0 Å². The molecule has 0 bridgehead atoms. The van der Waals surface area contributed by atoms with Gasteiger partial charge >= 0.3 is 0 Å². The number of aliphatic hydroxyl groups excluding tert-OH is 1. The molecule has 0 aromatic carbocycles. The fourth-order valence-electron chi connectivity index (χ4n) is 0.552.